The van der Waals surface area contributed by atoms with Gasteiger partial charge in [0.2, 0.25) is 12.7 Å². The van der Waals surface area contributed by atoms with Crippen molar-refractivity contribution >= 4 is 5.91 Å². The summed E-state index contributed by atoms with van der Waals surface area (Å²) in [6.45, 7) is 0.773. The molecule has 126 valence electrons. The van der Waals surface area contributed by atoms with Crippen LogP contribution in [0.5, 0.6) is 11.5 Å². The van der Waals surface area contributed by atoms with Crippen LogP contribution in [0.1, 0.15) is 17.5 Å². The Morgan fingerprint density at radius 2 is 1.88 bits per heavy atom. The van der Waals surface area contributed by atoms with Crippen molar-refractivity contribution in [3.05, 3.63) is 59.7 Å². The van der Waals surface area contributed by atoms with Crippen LogP contribution in [-0.4, -0.2) is 30.7 Å². The number of nitrogens with zero attached hydrogens (tertiary/aromatic N) is 1. The van der Waals surface area contributed by atoms with Crippen LogP contribution in [0.15, 0.2) is 48.5 Å². The largest absolute Gasteiger partial charge is 0.454 e. The van der Waals surface area contributed by atoms with E-state index in [1.165, 1.54) is 0 Å². The molecule has 0 saturated carbocycles. The van der Waals surface area contributed by atoms with Crippen LogP contribution in [0.25, 0.3) is 0 Å². The van der Waals surface area contributed by atoms with Gasteiger partial charge in [0.15, 0.2) is 11.5 Å². The van der Waals surface area contributed by atoms with E-state index in [2.05, 4.69) is 0 Å². The molecule has 0 radical (unpaired) electrons. The second-order valence-electron chi connectivity index (χ2n) is 6.09. The molecule has 1 aliphatic rings. The van der Waals surface area contributed by atoms with Gasteiger partial charge in [0.05, 0.1) is 0 Å². The third-order valence-electron chi connectivity index (χ3n) is 4.06. The summed E-state index contributed by atoms with van der Waals surface area (Å²) in [6, 6.07) is 15.5. The first-order valence-corrected chi connectivity index (χ1v) is 8.04. The second kappa shape index (κ2) is 7.36. The highest BCUT2D eigenvalue weighted by Gasteiger charge is 2.17. The predicted molar refractivity (Wildman–Crippen MR) is 91.8 cm³/mol. The predicted octanol–water partition coefficient (Wildman–Crippen LogP) is 2.33. The van der Waals surface area contributed by atoms with E-state index in [0.29, 0.717) is 19.4 Å². The van der Waals surface area contributed by atoms with E-state index in [4.69, 9.17) is 15.2 Å². The highest BCUT2D eigenvalue weighted by Crippen LogP contribution is 2.32. The van der Waals surface area contributed by atoms with Crippen LogP contribution < -0.4 is 15.2 Å². The molecule has 2 N–H and O–H groups in total. The van der Waals surface area contributed by atoms with E-state index in [-0.39, 0.29) is 18.7 Å². The molecule has 0 bridgehead atoms. The summed E-state index contributed by atoms with van der Waals surface area (Å²) in [4.78, 5) is 14.1. The summed E-state index contributed by atoms with van der Waals surface area (Å²) in [5.41, 5.74) is 8.28. The van der Waals surface area contributed by atoms with Gasteiger partial charge < -0.3 is 20.1 Å². The fourth-order valence-electron chi connectivity index (χ4n) is 2.77. The van der Waals surface area contributed by atoms with Crippen LogP contribution in [0, 0.1) is 0 Å². The van der Waals surface area contributed by atoms with Crippen molar-refractivity contribution in [3.63, 3.8) is 0 Å². The van der Waals surface area contributed by atoms with Crippen LogP contribution in [-0.2, 0) is 17.8 Å². The number of carbonyl (C=O) groups excluding carboxylic acids is 1. The van der Waals surface area contributed by atoms with Gasteiger partial charge in [-0.25, -0.2) is 0 Å². The first kappa shape index (κ1) is 16.3. The molecule has 24 heavy (non-hydrogen) atoms. The molecule has 0 saturated heterocycles. The highest BCUT2D eigenvalue weighted by atomic mass is 16.7. The van der Waals surface area contributed by atoms with Crippen molar-refractivity contribution in [3.8, 4) is 11.5 Å². The molecule has 1 heterocycles. The number of nitrogens with two attached hydrogens (primary N) is 1. The van der Waals surface area contributed by atoms with Crippen molar-refractivity contribution in [2.45, 2.75) is 25.4 Å². The Bertz CT molecular complexity index is 703. The molecule has 5 heteroatoms. The standard InChI is InChI=1S/C19H22N2O3/c1-21(12-15-7-8-17-18(10-15)24-13-23-17)19(22)11-16(20)9-14-5-3-2-4-6-14/h2-8,10,16H,9,11-13,20H2,1H3. The van der Waals surface area contributed by atoms with E-state index in [1.54, 1.807) is 11.9 Å². The van der Waals surface area contributed by atoms with Gasteiger partial charge >= 0.3 is 0 Å². The summed E-state index contributed by atoms with van der Waals surface area (Å²) in [5, 5.41) is 0. The molecular formula is C19H22N2O3. The van der Waals surface area contributed by atoms with Crippen molar-refractivity contribution in [2.24, 2.45) is 5.73 Å². The van der Waals surface area contributed by atoms with Crippen molar-refractivity contribution < 1.29 is 14.3 Å². The molecule has 1 unspecified atom stereocenters. The maximum atomic E-state index is 12.4. The summed E-state index contributed by atoms with van der Waals surface area (Å²) in [5.74, 6) is 1.52. The molecule has 0 aromatic heterocycles. The van der Waals surface area contributed by atoms with Gasteiger partial charge in [-0.1, -0.05) is 36.4 Å². The van der Waals surface area contributed by atoms with Gasteiger partial charge in [0.1, 0.15) is 0 Å². The average Bonchev–Trinajstić information content (AvgIpc) is 3.03. The molecule has 2 aromatic carbocycles. The zero-order chi connectivity index (χ0) is 16.9. The van der Waals surface area contributed by atoms with Crippen molar-refractivity contribution in [1.29, 1.82) is 0 Å². The number of hydrogen-bond acceptors (Lipinski definition) is 4. The summed E-state index contributed by atoms with van der Waals surface area (Å²) in [7, 11) is 1.79. The van der Waals surface area contributed by atoms with Crippen LogP contribution in [0.2, 0.25) is 0 Å². The Kier molecular flexibility index (Phi) is 5.01. The highest BCUT2D eigenvalue weighted by molar-refractivity contribution is 5.76. The van der Waals surface area contributed by atoms with Crippen LogP contribution in [0.4, 0.5) is 0 Å². The first-order chi connectivity index (χ1) is 11.6. The monoisotopic (exact) mass is 326 g/mol. The lowest BCUT2D eigenvalue weighted by Gasteiger charge is -2.20. The third-order valence-corrected chi connectivity index (χ3v) is 4.06. The first-order valence-electron chi connectivity index (χ1n) is 8.04. The fraction of sp³-hybridized carbons (Fsp3) is 0.316. The lowest BCUT2D eigenvalue weighted by Crippen LogP contribution is -2.34. The SMILES string of the molecule is CN(Cc1ccc2c(c1)OCO2)C(=O)CC(N)Cc1ccccc1. The summed E-state index contributed by atoms with van der Waals surface area (Å²) in [6.07, 6.45) is 1.03. The topological polar surface area (TPSA) is 64.8 Å². The molecule has 0 fully saturated rings. The third kappa shape index (κ3) is 4.06. The molecule has 1 atom stereocenters. The van der Waals surface area contributed by atoms with Gasteiger partial charge in [-0.2, -0.15) is 0 Å². The molecule has 0 spiro atoms. The quantitative estimate of drug-likeness (QED) is 0.885. The molecule has 1 aliphatic heterocycles. The maximum Gasteiger partial charge on any atom is 0.231 e. The van der Waals surface area contributed by atoms with E-state index in [0.717, 1.165) is 22.6 Å². The molecule has 5 nitrogen and oxygen atoms in total. The van der Waals surface area contributed by atoms with E-state index < -0.39 is 0 Å². The zero-order valence-corrected chi connectivity index (χ0v) is 13.8. The van der Waals surface area contributed by atoms with Gasteiger partial charge in [-0.3, -0.25) is 4.79 Å². The Hall–Kier alpha value is -2.53. The molecule has 1 amide bonds. The Labute approximate surface area is 142 Å². The lowest BCUT2D eigenvalue weighted by molar-refractivity contribution is -0.130. The fourth-order valence-corrected chi connectivity index (χ4v) is 2.77. The smallest absolute Gasteiger partial charge is 0.231 e. The summed E-state index contributed by atoms with van der Waals surface area (Å²) < 4.78 is 10.7. The number of rotatable bonds is 6. The molecule has 0 aliphatic carbocycles. The molecule has 3 rings (SSSR count). The van der Waals surface area contributed by atoms with E-state index >= 15 is 0 Å². The van der Waals surface area contributed by atoms with Gasteiger partial charge in [0.25, 0.3) is 0 Å². The van der Waals surface area contributed by atoms with Gasteiger partial charge in [-0.15, -0.1) is 0 Å². The van der Waals surface area contributed by atoms with Crippen LogP contribution >= 0.6 is 0 Å². The van der Waals surface area contributed by atoms with Gasteiger partial charge in [-0.05, 0) is 29.7 Å². The lowest BCUT2D eigenvalue weighted by atomic mass is 10.0. The van der Waals surface area contributed by atoms with E-state index in [9.17, 15) is 4.79 Å². The van der Waals surface area contributed by atoms with Crippen LogP contribution in [0.3, 0.4) is 0 Å². The minimum absolute atomic E-state index is 0.0381. The Balaban J connectivity index is 1.53. The molecule has 2 aromatic rings. The number of ether oxygens (including phenoxy) is 2. The van der Waals surface area contributed by atoms with Crippen molar-refractivity contribution in [2.75, 3.05) is 13.8 Å². The number of hydrogen-bond donors (Lipinski definition) is 1. The minimum atomic E-state index is -0.181. The summed E-state index contributed by atoms with van der Waals surface area (Å²) >= 11 is 0. The maximum absolute atomic E-state index is 12.4. The van der Waals surface area contributed by atoms with E-state index in [1.807, 2.05) is 48.5 Å². The normalized spacial score (nSPS) is 13.6. The number of benzene rings is 2. The minimum Gasteiger partial charge on any atom is -0.454 e. The van der Waals surface area contributed by atoms with Gasteiger partial charge in [0, 0.05) is 26.1 Å². The average molecular weight is 326 g/mol. The zero-order valence-electron chi connectivity index (χ0n) is 13.8. The number of fused-ring (bicyclic) bond motifs is 1. The number of carbonyl (C=O) groups is 1. The second-order valence-corrected chi connectivity index (χ2v) is 6.09. The Morgan fingerprint density at radius 3 is 2.67 bits per heavy atom. The Morgan fingerprint density at radius 1 is 1.12 bits per heavy atom. The molecular weight excluding hydrogens is 304 g/mol. The van der Waals surface area contributed by atoms with Crippen molar-refractivity contribution in [1.82, 2.24) is 4.90 Å². The number of amides is 1.